The largest absolute Gasteiger partial charge is 0.368 e. The second-order valence-electron chi connectivity index (χ2n) is 7.41. The number of carbonyl (C=O) groups excluding carboxylic acids is 2. The van der Waals surface area contributed by atoms with Gasteiger partial charge in [-0.3, -0.25) is 9.59 Å². The standard InChI is InChI=1S/C18H19FN4O3S.ClH/c19-9-2-1-3-11-14(9)21-17(27-11)22-15(24)12-10-4-5-18(26-10)8-23(7-6-20)16(25)13(12)18;/h1-3,10,12-13H,4-8,20H2,(H,21,22,24);1H/t10-,12-,13+,18-;/m0./s1. The number of hydrogen-bond donors (Lipinski definition) is 2. The molecule has 28 heavy (non-hydrogen) atoms. The van der Waals surface area contributed by atoms with Gasteiger partial charge in [0.15, 0.2) is 5.13 Å². The predicted molar refractivity (Wildman–Crippen MR) is 105 cm³/mol. The van der Waals surface area contributed by atoms with Crippen molar-refractivity contribution in [1.29, 1.82) is 0 Å². The summed E-state index contributed by atoms with van der Waals surface area (Å²) in [6.07, 6.45) is 1.28. The Bertz CT molecular complexity index is 956. The number of rotatable bonds is 4. The van der Waals surface area contributed by atoms with Crippen LogP contribution >= 0.6 is 23.7 Å². The van der Waals surface area contributed by atoms with Crippen molar-refractivity contribution in [2.75, 3.05) is 25.0 Å². The van der Waals surface area contributed by atoms with Gasteiger partial charge in [0.2, 0.25) is 11.8 Å². The van der Waals surface area contributed by atoms with Crippen molar-refractivity contribution >= 4 is 50.9 Å². The maximum Gasteiger partial charge on any atom is 0.232 e. The van der Waals surface area contributed by atoms with Gasteiger partial charge in [0.1, 0.15) is 11.3 Å². The lowest BCUT2D eigenvalue weighted by Crippen LogP contribution is -2.43. The normalized spacial score (nSPS) is 30.6. The van der Waals surface area contributed by atoms with E-state index in [0.717, 1.165) is 12.8 Å². The lowest BCUT2D eigenvalue weighted by Gasteiger charge is -2.26. The highest BCUT2D eigenvalue weighted by Crippen LogP contribution is 2.55. The van der Waals surface area contributed by atoms with Crippen LogP contribution in [-0.2, 0) is 14.3 Å². The monoisotopic (exact) mass is 426 g/mol. The Kier molecular flexibility index (Phi) is 4.81. The van der Waals surface area contributed by atoms with Gasteiger partial charge in [0.05, 0.1) is 34.8 Å². The summed E-state index contributed by atoms with van der Waals surface area (Å²) < 4.78 is 20.7. The second kappa shape index (κ2) is 6.91. The number of benzene rings is 1. The maximum atomic E-state index is 13.9. The third-order valence-electron chi connectivity index (χ3n) is 5.90. The number of likely N-dealkylation sites (tertiary alicyclic amines) is 1. The van der Waals surface area contributed by atoms with Crippen molar-refractivity contribution in [3.05, 3.63) is 24.0 Å². The smallest absolute Gasteiger partial charge is 0.232 e. The average Bonchev–Trinajstić information content (AvgIpc) is 3.36. The first-order valence-electron chi connectivity index (χ1n) is 9.05. The summed E-state index contributed by atoms with van der Waals surface area (Å²) in [6, 6.07) is 4.70. The molecule has 2 amide bonds. The fourth-order valence-electron chi connectivity index (χ4n) is 4.84. The van der Waals surface area contributed by atoms with E-state index in [4.69, 9.17) is 10.5 Å². The van der Waals surface area contributed by atoms with Gasteiger partial charge in [-0.25, -0.2) is 9.37 Å². The first-order chi connectivity index (χ1) is 13.0. The summed E-state index contributed by atoms with van der Waals surface area (Å²) in [4.78, 5) is 31.8. The number of hydrogen-bond acceptors (Lipinski definition) is 6. The molecule has 2 bridgehead atoms. The molecule has 10 heteroatoms. The average molecular weight is 427 g/mol. The van der Waals surface area contributed by atoms with E-state index >= 15 is 0 Å². The van der Waals surface area contributed by atoms with Gasteiger partial charge in [-0.15, -0.1) is 12.4 Å². The molecule has 0 saturated carbocycles. The summed E-state index contributed by atoms with van der Waals surface area (Å²) in [6.45, 7) is 1.35. The van der Waals surface area contributed by atoms with E-state index in [1.54, 1.807) is 17.0 Å². The molecule has 1 aromatic heterocycles. The number of amides is 2. The van der Waals surface area contributed by atoms with Crippen molar-refractivity contribution < 1.29 is 18.7 Å². The Morgan fingerprint density at radius 1 is 1.50 bits per heavy atom. The number of nitrogens with one attached hydrogen (secondary N) is 1. The number of fused-ring (bicyclic) bond motifs is 2. The lowest BCUT2D eigenvalue weighted by molar-refractivity contribution is -0.136. The predicted octanol–water partition coefficient (Wildman–Crippen LogP) is 1.76. The van der Waals surface area contributed by atoms with Gasteiger partial charge >= 0.3 is 0 Å². The van der Waals surface area contributed by atoms with Crippen LogP contribution in [0.1, 0.15) is 12.8 Å². The summed E-state index contributed by atoms with van der Waals surface area (Å²) in [5.41, 5.74) is 5.28. The maximum absolute atomic E-state index is 13.9. The Balaban J connectivity index is 0.00000192. The van der Waals surface area contributed by atoms with Crippen LogP contribution in [0, 0.1) is 17.7 Å². The zero-order valence-corrected chi connectivity index (χ0v) is 16.5. The van der Waals surface area contributed by atoms with Crippen LogP contribution in [-0.4, -0.2) is 53.0 Å². The quantitative estimate of drug-likeness (QED) is 0.776. The van der Waals surface area contributed by atoms with Crippen molar-refractivity contribution in [3.63, 3.8) is 0 Å². The second-order valence-corrected chi connectivity index (χ2v) is 8.44. The van der Waals surface area contributed by atoms with E-state index in [2.05, 4.69) is 10.3 Å². The van der Waals surface area contributed by atoms with Crippen LogP contribution in [0.5, 0.6) is 0 Å². The molecule has 3 aliphatic rings. The molecule has 0 unspecified atom stereocenters. The van der Waals surface area contributed by atoms with Gasteiger partial charge < -0.3 is 20.7 Å². The van der Waals surface area contributed by atoms with E-state index in [1.165, 1.54) is 17.4 Å². The third-order valence-corrected chi connectivity index (χ3v) is 6.84. The fourth-order valence-corrected chi connectivity index (χ4v) is 5.73. The Morgan fingerprint density at radius 2 is 2.32 bits per heavy atom. The molecule has 3 N–H and O–H groups in total. The zero-order valence-electron chi connectivity index (χ0n) is 14.9. The van der Waals surface area contributed by atoms with Crippen molar-refractivity contribution in [3.8, 4) is 0 Å². The molecular formula is C18H20ClFN4O3S. The number of para-hydroxylation sites is 1. The van der Waals surface area contributed by atoms with Gasteiger partial charge in [0, 0.05) is 13.1 Å². The van der Waals surface area contributed by atoms with Gasteiger partial charge in [0.25, 0.3) is 0 Å². The minimum absolute atomic E-state index is 0. The van der Waals surface area contributed by atoms with Gasteiger partial charge in [-0.05, 0) is 25.0 Å². The van der Waals surface area contributed by atoms with E-state index in [0.29, 0.717) is 29.5 Å². The summed E-state index contributed by atoms with van der Waals surface area (Å²) in [5.74, 6) is -1.79. The van der Waals surface area contributed by atoms with E-state index in [-0.39, 0.29) is 35.8 Å². The molecule has 2 aromatic rings. The molecule has 0 aliphatic carbocycles. The highest BCUT2D eigenvalue weighted by molar-refractivity contribution is 7.22. The molecule has 3 aliphatic heterocycles. The van der Waals surface area contributed by atoms with Crippen LogP contribution in [0.15, 0.2) is 18.2 Å². The fraction of sp³-hybridized carbons (Fsp3) is 0.500. The highest BCUT2D eigenvalue weighted by Gasteiger charge is 2.68. The molecule has 1 spiro atoms. The topological polar surface area (TPSA) is 97.5 Å². The molecule has 4 heterocycles. The summed E-state index contributed by atoms with van der Waals surface area (Å²) >= 11 is 1.22. The number of anilines is 1. The van der Waals surface area contributed by atoms with Gasteiger partial charge in [-0.2, -0.15) is 0 Å². The first-order valence-corrected chi connectivity index (χ1v) is 9.87. The Labute approximate surface area is 170 Å². The van der Waals surface area contributed by atoms with Crippen LogP contribution in [0.3, 0.4) is 0 Å². The lowest BCUT2D eigenvalue weighted by atomic mass is 9.73. The van der Waals surface area contributed by atoms with Crippen LogP contribution < -0.4 is 11.1 Å². The molecule has 1 aromatic carbocycles. The van der Waals surface area contributed by atoms with E-state index in [9.17, 15) is 14.0 Å². The molecule has 3 fully saturated rings. The molecular weight excluding hydrogens is 407 g/mol. The highest BCUT2D eigenvalue weighted by atomic mass is 35.5. The molecule has 5 rings (SSSR count). The number of halogens is 2. The number of nitrogens with two attached hydrogens (primary N) is 1. The van der Waals surface area contributed by atoms with Crippen molar-refractivity contribution in [1.82, 2.24) is 9.88 Å². The van der Waals surface area contributed by atoms with Crippen molar-refractivity contribution in [2.45, 2.75) is 24.5 Å². The van der Waals surface area contributed by atoms with Gasteiger partial charge in [-0.1, -0.05) is 17.4 Å². The molecule has 7 nitrogen and oxygen atoms in total. The zero-order chi connectivity index (χ0) is 18.8. The number of thiazole rings is 1. The Morgan fingerprint density at radius 3 is 3.07 bits per heavy atom. The molecule has 150 valence electrons. The van der Waals surface area contributed by atoms with E-state index in [1.807, 2.05) is 0 Å². The summed E-state index contributed by atoms with van der Waals surface area (Å²) in [7, 11) is 0. The van der Waals surface area contributed by atoms with Crippen LogP contribution in [0.4, 0.5) is 9.52 Å². The van der Waals surface area contributed by atoms with E-state index < -0.39 is 23.3 Å². The number of aromatic nitrogens is 1. The van der Waals surface area contributed by atoms with Crippen LogP contribution in [0.2, 0.25) is 0 Å². The number of nitrogens with zero attached hydrogens (tertiary/aromatic N) is 2. The number of ether oxygens (including phenoxy) is 1. The molecule has 3 saturated heterocycles. The minimum atomic E-state index is -0.571. The SMILES string of the molecule is Cl.NCCN1C[C@]23CC[C@H](O2)[C@H](C(=O)Nc2nc4c(F)cccc4s2)[C@@H]3C1=O. The third kappa shape index (κ3) is 2.72. The summed E-state index contributed by atoms with van der Waals surface area (Å²) in [5, 5.41) is 3.12. The van der Waals surface area contributed by atoms with Crippen LogP contribution in [0.25, 0.3) is 10.2 Å². The first kappa shape index (κ1) is 19.5. The number of carbonyl (C=O) groups is 2. The minimum Gasteiger partial charge on any atom is -0.368 e. The van der Waals surface area contributed by atoms with Crippen molar-refractivity contribution in [2.24, 2.45) is 17.6 Å². The Hall–Kier alpha value is -1.81. The molecule has 4 atom stereocenters. The molecule has 0 radical (unpaired) electrons.